The zero-order valence-electron chi connectivity index (χ0n) is 25.5. The number of rotatable bonds is 1. The molecule has 0 unspecified atom stereocenters. The minimum absolute atomic E-state index is 0.0827. The Hall–Kier alpha value is -2.10. The van der Waals surface area contributed by atoms with Crippen molar-refractivity contribution in [3.05, 3.63) is 47.1 Å². The van der Waals surface area contributed by atoms with Gasteiger partial charge in [-0.05, 0) is 49.8 Å². The monoisotopic (exact) mass is 572 g/mol. The number of fused-ring (bicyclic) bond motifs is 3. The average molecular weight is 573 g/mol. The summed E-state index contributed by atoms with van der Waals surface area (Å²) in [5.74, 6) is -3.21. The summed E-state index contributed by atoms with van der Waals surface area (Å²) in [6.45, 7) is 13.2. The second-order valence-electron chi connectivity index (χ2n) is 13.2. The summed E-state index contributed by atoms with van der Waals surface area (Å²) in [6, 6.07) is 0. The maximum Gasteiger partial charge on any atom is 0.316 e. The minimum Gasteiger partial charge on any atom is -0.462 e. The van der Waals surface area contributed by atoms with Gasteiger partial charge in [-0.1, -0.05) is 58.1 Å². The number of carbonyl (C=O) groups is 2. The van der Waals surface area contributed by atoms with Gasteiger partial charge < -0.3 is 29.5 Å². The van der Waals surface area contributed by atoms with Gasteiger partial charge in [0.15, 0.2) is 11.6 Å². The third kappa shape index (κ3) is 6.62. The zero-order chi connectivity index (χ0) is 30.3. The Morgan fingerprint density at radius 1 is 1.02 bits per heavy atom. The van der Waals surface area contributed by atoms with E-state index in [2.05, 4.69) is 0 Å². The molecule has 2 saturated heterocycles. The lowest BCUT2D eigenvalue weighted by molar-refractivity contribution is -0.353. The molecule has 3 heterocycles. The van der Waals surface area contributed by atoms with Gasteiger partial charge in [-0.3, -0.25) is 9.59 Å². The number of hydrogen-bond donors (Lipinski definition) is 3. The van der Waals surface area contributed by atoms with E-state index in [1.165, 1.54) is 6.08 Å². The quantitative estimate of drug-likeness (QED) is 0.314. The second kappa shape index (κ2) is 12.3. The molecule has 4 rings (SSSR count). The van der Waals surface area contributed by atoms with Gasteiger partial charge in [0.25, 0.3) is 0 Å². The molecule has 1 spiro atoms. The minimum atomic E-state index is -1.75. The highest BCUT2D eigenvalue weighted by molar-refractivity contribution is 5.99. The molecule has 8 nitrogen and oxygen atoms in total. The predicted molar refractivity (Wildman–Crippen MR) is 154 cm³/mol. The number of aliphatic hydroxyl groups is 3. The molecule has 10 atom stereocenters. The molecule has 0 saturated carbocycles. The number of ether oxygens (including phenoxy) is 3. The second-order valence-corrected chi connectivity index (χ2v) is 13.2. The van der Waals surface area contributed by atoms with Crippen LogP contribution in [-0.2, 0) is 23.8 Å². The smallest absolute Gasteiger partial charge is 0.316 e. The molecular formula is C33H48O8. The molecule has 1 aliphatic carbocycles. The maximum absolute atomic E-state index is 13.8. The van der Waals surface area contributed by atoms with Crippen LogP contribution in [0.2, 0.25) is 0 Å². The van der Waals surface area contributed by atoms with Crippen molar-refractivity contribution in [2.75, 3.05) is 0 Å². The van der Waals surface area contributed by atoms with Crippen LogP contribution in [-0.4, -0.2) is 69.0 Å². The topological polar surface area (TPSA) is 123 Å². The fourth-order valence-corrected chi connectivity index (χ4v) is 6.77. The molecule has 4 aliphatic rings. The molecule has 41 heavy (non-hydrogen) atoms. The van der Waals surface area contributed by atoms with Crippen LogP contribution < -0.4 is 0 Å². The van der Waals surface area contributed by atoms with Crippen LogP contribution in [0.15, 0.2) is 47.1 Å². The van der Waals surface area contributed by atoms with Gasteiger partial charge in [0.2, 0.25) is 0 Å². The molecule has 0 radical (unpaired) electrons. The van der Waals surface area contributed by atoms with Gasteiger partial charge in [0, 0.05) is 37.5 Å². The van der Waals surface area contributed by atoms with Gasteiger partial charge in [-0.15, -0.1) is 0 Å². The lowest BCUT2D eigenvalue weighted by Crippen LogP contribution is -2.59. The van der Waals surface area contributed by atoms with Gasteiger partial charge in [0.05, 0.1) is 24.4 Å². The summed E-state index contributed by atoms with van der Waals surface area (Å²) < 4.78 is 19.3. The van der Waals surface area contributed by atoms with Crippen LogP contribution in [0.3, 0.4) is 0 Å². The Balaban J connectivity index is 1.75. The number of hydrogen-bond acceptors (Lipinski definition) is 8. The van der Waals surface area contributed by atoms with Crippen LogP contribution in [0.25, 0.3) is 0 Å². The van der Waals surface area contributed by atoms with Crippen molar-refractivity contribution in [1.82, 2.24) is 0 Å². The molecule has 0 aromatic carbocycles. The van der Waals surface area contributed by atoms with E-state index in [0.29, 0.717) is 24.0 Å². The third-order valence-electron chi connectivity index (χ3n) is 9.55. The number of aliphatic hydroxyl groups excluding tert-OH is 2. The van der Waals surface area contributed by atoms with E-state index in [1.807, 2.05) is 46.8 Å². The van der Waals surface area contributed by atoms with Gasteiger partial charge in [-0.2, -0.15) is 0 Å². The van der Waals surface area contributed by atoms with E-state index in [1.54, 1.807) is 26.0 Å². The Labute approximate surface area is 244 Å². The van der Waals surface area contributed by atoms with Crippen molar-refractivity contribution in [3.8, 4) is 0 Å². The largest absolute Gasteiger partial charge is 0.462 e. The average Bonchev–Trinajstić information content (AvgIpc) is 2.90. The van der Waals surface area contributed by atoms with E-state index in [9.17, 15) is 24.9 Å². The molecule has 0 amide bonds. The Kier molecular flexibility index (Phi) is 9.51. The molecular weight excluding hydrogens is 524 g/mol. The lowest BCUT2D eigenvalue weighted by atomic mass is 9.72. The first-order valence-electron chi connectivity index (χ1n) is 15.0. The van der Waals surface area contributed by atoms with Crippen molar-refractivity contribution >= 4 is 11.8 Å². The Bertz CT molecular complexity index is 1130. The van der Waals surface area contributed by atoms with Gasteiger partial charge >= 0.3 is 5.97 Å². The molecule has 3 aliphatic heterocycles. The molecule has 0 aromatic heterocycles. The summed E-state index contributed by atoms with van der Waals surface area (Å²) in [4.78, 5) is 26.5. The SMILES string of the molecule is CC1=C[C@H]2C(=O)O[C@H]3C[C@@H](C/C=C(\C)[C@@H](O)[C@@H](C)/C=C/C=C(\C)[C@]2(O)CC1=O)O[C@]1(C3)C[C@H](O)[C@H](C)[C@@H](C(C)C)O1. The first-order valence-corrected chi connectivity index (χ1v) is 15.0. The standard InChI is InChI=1S/C33H48O8/c1-18(2)30-23(7)28(35)16-32(41-30)15-25-14-24(40-32)12-11-20(4)29(36)19(3)9-8-10-22(6)33(38)17-27(34)21(5)13-26(33)31(37)39-25/h8-11,13,18-19,23-26,28-30,35-36,38H,12,14-17H2,1-7H3/b9-8+,20-11+,22-10+/t19-,23-,24+,25-,26-,28-,29-,30+,32-,33+/m0/s1. The molecule has 2 fully saturated rings. The van der Waals surface area contributed by atoms with E-state index in [0.717, 1.165) is 5.57 Å². The number of carbonyl (C=O) groups excluding carboxylic acids is 2. The molecule has 8 heteroatoms. The van der Waals surface area contributed by atoms with Crippen molar-refractivity contribution in [1.29, 1.82) is 0 Å². The predicted octanol–water partition coefficient (Wildman–Crippen LogP) is 4.33. The summed E-state index contributed by atoms with van der Waals surface area (Å²) in [6.07, 6.45) is 7.28. The molecule has 0 aromatic rings. The highest BCUT2D eigenvalue weighted by Gasteiger charge is 2.53. The summed E-state index contributed by atoms with van der Waals surface area (Å²) in [7, 11) is 0. The highest BCUT2D eigenvalue weighted by Crippen LogP contribution is 2.45. The fraction of sp³-hybridized carbons (Fsp3) is 0.697. The maximum atomic E-state index is 13.8. The Morgan fingerprint density at radius 2 is 1.73 bits per heavy atom. The number of Topliss-reactive ketones (excluding diaryl/α,β-unsaturated/α-hetero) is 1. The van der Waals surface area contributed by atoms with Crippen molar-refractivity contribution in [2.45, 2.75) is 122 Å². The van der Waals surface area contributed by atoms with Crippen molar-refractivity contribution in [3.63, 3.8) is 0 Å². The first-order chi connectivity index (χ1) is 19.2. The van der Waals surface area contributed by atoms with Crippen LogP contribution in [0, 0.1) is 23.7 Å². The molecule has 2 bridgehead atoms. The zero-order valence-corrected chi connectivity index (χ0v) is 25.5. The third-order valence-corrected chi connectivity index (χ3v) is 9.55. The van der Waals surface area contributed by atoms with Crippen LogP contribution in [0.5, 0.6) is 0 Å². The number of esters is 1. The van der Waals surface area contributed by atoms with Crippen molar-refractivity contribution < 1.29 is 39.1 Å². The van der Waals surface area contributed by atoms with Crippen LogP contribution in [0.4, 0.5) is 0 Å². The summed E-state index contributed by atoms with van der Waals surface area (Å²) >= 11 is 0. The molecule has 228 valence electrons. The highest BCUT2D eigenvalue weighted by atomic mass is 16.7. The van der Waals surface area contributed by atoms with E-state index in [-0.39, 0.29) is 55.0 Å². The van der Waals surface area contributed by atoms with Gasteiger partial charge in [-0.25, -0.2) is 0 Å². The number of ketones is 1. The normalized spacial score (nSPS) is 46.1. The first kappa shape index (κ1) is 31.8. The van der Waals surface area contributed by atoms with E-state index < -0.39 is 41.6 Å². The van der Waals surface area contributed by atoms with Crippen molar-refractivity contribution in [2.24, 2.45) is 23.7 Å². The summed E-state index contributed by atoms with van der Waals surface area (Å²) in [5.41, 5.74) is -0.0737. The van der Waals surface area contributed by atoms with Gasteiger partial charge in [0.1, 0.15) is 17.6 Å². The fourth-order valence-electron chi connectivity index (χ4n) is 6.77. The van der Waals surface area contributed by atoms with E-state index >= 15 is 0 Å². The lowest BCUT2D eigenvalue weighted by Gasteiger charge is -2.52. The van der Waals surface area contributed by atoms with Crippen LogP contribution >= 0.6 is 0 Å². The van der Waals surface area contributed by atoms with Crippen LogP contribution in [0.1, 0.15) is 80.6 Å². The van der Waals surface area contributed by atoms with E-state index in [4.69, 9.17) is 14.2 Å². The number of allylic oxidation sites excluding steroid dienone is 3. The Morgan fingerprint density at radius 3 is 2.41 bits per heavy atom. The summed E-state index contributed by atoms with van der Waals surface area (Å²) in [5, 5.41) is 33.8. The molecule has 3 N–H and O–H groups in total.